The second kappa shape index (κ2) is 5.41. The van der Waals surface area contributed by atoms with Crippen LogP contribution in [0.1, 0.15) is 31.5 Å². The third-order valence-electron chi connectivity index (χ3n) is 2.83. The third-order valence-corrected chi connectivity index (χ3v) is 2.83. The number of piperazine rings is 1. The fourth-order valence-electron chi connectivity index (χ4n) is 1.79. The summed E-state index contributed by atoms with van der Waals surface area (Å²) in [4.78, 5) is 2.43. The van der Waals surface area contributed by atoms with Crippen molar-refractivity contribution in [1.82, 2.24) is 20.4 Å². The molecule has 2 rings (SSSR count). The normalized spacial score (nSPS) is 18.2. The maximum Gasteiger partial charge on any atom is 0.219 e. The van der Waals surface area contributed by atoms with Crippen molar-refractivity contribution in [3.63, 3.8) is 0 Å². The highest BCUT2D eigenvalue weighted by molar-refractivity contribution is 4.88. The Morgan fingerprint density at radius 2 is 2.06 bits per heavy atom. The van der Waals surface area contributed by atoms with Crippen LogP contribution < -0.4 is 5.32 Å². The van der Waals surface area contributed by atoms with Gasteiger partial charge in [0.2, 0.25) is 11.8 Å². The lowest BCUT2D eigenvalue weighted by Gasteiger charge is -2.26. The summed E-state index contributed by atoms with van der Waals surface area (Å²) in [5.41, 5.74) is 0. The molecule has 90 valence electrons. The van der Waals surface area contributed by atoms with Crippen LogP contribution in [0.2, 0.25) is 0 Å². The first-order valence-corrected chi connectivity index (χ1v) is 6.01. The van der Waals surface area contributed by atoms with E-state index in [0.29, 0.717) is 5.92 Å². The summed E-state index contributed by atoms with van der Waals surface area (Å²) in [5.74, 6) is 1.83. The van der Waals surface area contributed by atoms with Crippen LogP contribution in [-0.2, 0) is 6.42 Å². The lowest BCUT2D eigenvalue weighted by Crippen LogP contribution is -2.44. The van der Waals surface area contributed by atoms with E-state index < -0.39 is 0 Å². The molecule has 1 saturated heterocycles. The van der Waals surface area contributed by atoms with Crippen molar-refractivity contribution >= 4 is 0 Å². The van der Waals surface area contributed by atoms with Gasteiger partial charge in [0.15, 0.2) is 0 Å². The van der Waals surface area contributed by atoms with Crippen LogP contribution in [0.5, 0.6) is 0 Å². The van der Waals surface area contributed by atoms with Gasteiger partial charge in [-0.05, 0) is 0 Å². The first-order chi connectivity index (χ1) is 7.75. The van der Waals surface area contributed by atoms with E-state index in [4.69, 9.17) is 4.42 Å². The second-order valence-corrected chi connectivity index (χ2v) is 4.53. The smallest absolute Gasteiger partial charge is 0.219 e. The molecule has 1 aromatic heterocycles. The number of hydrogen-bond donors (Lipinski definition) is 1. The summed E-state index contributed by atoms with van der Waals surface area (Å²) >= 11 is 0. The lowest BCUT2D eigenvalue weighted by molar-refractivity contribution is 0.237. The largest absolute Gasteiger partial charge is 0.425 e. The van der Waals surface area contributed by atoms with Crippen LogP contribution in [0.4, 0.5) is 0 Å². The molecule has 0 amide bonds. The molecule has 2 heterocycles. The first kappa shape index (κ1) is 11.5. The molecular weight excluding hydrogens is 204 g/mol. The van der Waals surface area contributed by atoms with Gasteiger partial charge in [-0.2, -0.15) is 0 Å². The van der Waals surface area contributed by atoms with E-state index in [2.05, 4.69) is 34.3 Å². The van der Waals surface area contributed by atoms with E-state index >= 15 is 0 Å². The van der Waals surface area contributed by atoms with Crippen molar-refractivity contribution in [3.8, 4) is 0 Å². The van der Waals surface area contributed by atoms with Crippen molar-refractivity contribution in [2.24, 2.45) is 0 Å². The van der Waals surface area contributed by atoms with Gasteiger partial charge >= 0.3 is 0 Å². The molecular formula is C11H20N4O. The predicted molar refractivity (Wildman–Crippen MR) is 61.4 cm³/mol. The monoisotopic (exact) mass is 224 g/mol. The summed E-state index contributed by atoms with van der Waals surface area (Å²) < 4.78 is 5.57. The van der Waals surface area contributed by atoms with Gasteiger partial charge < -0.3 is 14.6 Å². The van der Waals surface area contributed by atoms with Gasteiger partial charge in [-0.1, -0.05) is 13.8 Å². The summed E-state index contributed by atoms with van der Waals surface area (Å²) in [5, 5.41) is 11.4. The Morgan fingerprint density at radius 3 is 2.69 bits per heavy atom. The van der Waals surface area contributed by atoms with Gasteiger partial charge in [-0.25, -0.2) is 0 Å². The Bertz CT molecular complexity index is 318. The van der Waals surface area contributed by atoms with E-state index in [1.807, 2.05) is 0 Å². The Kier molecular flexibility index (Phi) is 3.90. The molecule has 5 nitrogen and oxygen atoms in total. The van der Waals surface area contributed by atoms with Gasteiger partial charge in [-0.15, -0.1) is 10.2 Å². The predicted octanol–water partition coefficient (Wildman–Crippen LogP) is 0.641. The minimum absolute atomic E-state index is 0.320. The number of nitrogens with zero attached hydrogens (tertiary/aromatic N) is 3. The molecule has 0 bridgehead atoms. The second-order valence-electron chi connectivity index (χ2n) is 4.53. The number of nitrogens with one attached hydrogen (secondary N) is 1. The highest BCUT2D eigenvalue weighted by Gasteiger charge is 2.13. The minimum atomic E-state index is 0.320. The summed E-state index contributed by atoms with van der Waals surface area (Å²) in [7, 11) is 0. The highest BCUT2D eigenvalue weighted by atomic mass is 16.4. The number of rotatable bonds is 4. The maximum absolute atomic E-state index is 5.57. The minimum Gasteiger partial charge on any atom is -0.425 e. The van der Waals surface area contributed by atoms with Crippen molar-refractivity contribution in [2.75, 3.05) is 32.7 Å². The van der Waals surface area contributed by atoms with Crippen LogP contribution >= 0.6 is 0 Å². The highest BCUT2D eigenvalue weighted by Crippen LogP contribution is 2.12. The molecule has 1 fully saturated rings. The molecule has 0 atom stereocenters. The fraction of sp³-hybridized carbons (Fsp3) is 0.818. The van der Waals surface area contributed by atoms with Crippen molar-refractivity contribution in [3.05, 3.63) is 11.8 Å². The zero-order valence-corrected chi connectivity index (χ0v) is 10.1. The molecule has 1 aliphatic heterocycles. The van der Waals surface area contributed by atoms with E-state index in [9.17, 15) is 0 Å². The Labute approximate surface area is 96.2 Å². The van der Waals surface area contributed by atoms with E-state index in [1.165, 1.54) is 0 Å². The number of aromatic nitrogens is 2. The Morgan fingerprint density at radius 1 is 1.31 bits per heavy atom. The third kappa shape index (κ3) is 3.02. The SMILES string of the molecule is CC(C)c1nnc(CCN2CCNCC2)o1. The van der Waals surface area contributed by atoms with Gasteiger partial charge in [0.05, 0.1) is 0 Å². The van der Waals surface area contributed by atoms with Crippen molar-refractivity contribution < 1.29 is 4.42 Å². The van der Waals surface area contributed by atoms with Crippen LogP contribution in [0.3, 0.4) is 0 Å². The van der Waals surface area contributed by atoms with E-state index in [-0.39, 0.29) is 0 Å². The van der Waals surface area contributed by atoms with Crippen molar-refractivity contribution in [2.45, 2.75) is 26.2 Å². The molecule has 16 heavy (non-hydrogen) atoms. The zero-order valence-electron chi connectivity index (χ0n) is 10.1. The standard InChI is InChI=1S/C11H20N4O/c1-9(2)11-14-13-10(16-11)3-6-15-7-4-12-5-8-15/h9,12H,3-8H2,1-2H3. The molecule has 0 radical (unpaired) electrons. The zero-order chi connectivity index (χ0) is 11.4. The molecule has 0 unspecified atom stereocenters. The molecule has 0 spiro atoms. The summed E-state index contributed by atoms with van der Waals surface area (Å²) in [6.45, 7) is 9.54. The first-order valence-electron chi connectivity index (χ1n) is 6.01. The lowest BCUT2D eigenvalue weighted by atomic mass is 10.2. The molecule has 0 saturated carbocycles. The number of hydrogen-bond acceptors (Lipinski definition) is 5. The molecule has 1 N–H and O–H groups in total. The average Bonchev–Trinajstić information content (AvgIpc) is 2.76. The Balaban J connectivity index is 1.79. The van der Waals surface area contributed by atoms with Crippen molar-refractivity contribution in [1.29, 1.82) is 0 Å². The Hall–Kier alpha value is -0.940. The van der Waals surface area contributed by atoms with E-state index in [0.717, 1.165) is 50.9 Å². The van der Waals surface area contributed by atoms with Gasteiger partial charge in [0, 0.05) is 45.1 Å². The summed E-state index contributed by atoms with van der Waals surface area (Å²) in [6.07, 6.45) is 0.861. The van der Waals surface area contributed by atoms with Crippen LogP contribution in [-0.4, -0.2) is 47.8 Å². The average molecular weight is 224 g/mol. The van der Waals surface area contributed by atoms with Gasteiger partial charge in [-0.3, -0.25) is 0 Å². The van der Waals surface area contributed by atoms with Gasteiger partial charge in [0.1, 0.15) is 0 Å². The molecule has 1 aliphatic rings. The van der Waals surface area contributed by atoms with E-state index in [1.54, 1.807) is 0 Å². The van der Waals surface area contributed by atoms with Crippen LogP contribution in [0, 0.1) is 0 Å². The van der Waals surface area contributed by atoms with Crippen LogP contribution in [0.25, 0.3) is 0 Å². The quantitative estimate of drug-likeness (QED) is 0.813. The van der Waals surface area contributed by atoms with Crippen LogP contribution in [0.15, 0.2) is 4.42 Å². The molecule has 0 aliphatic carbocycles. The topological polar surface area (TPSA) is 54.2 Å². The molecule has 5 heteroatoms. The fourth-order valence-corrected chi connectivity index (χ4v) is 1.79. The molecule has 0 aromatic carbocycles. The summed E-state index contributed by atoms with van der Waals surface area (Å²) in [6, 6.07) is 0. The van der Waals surface area contributed by atoms with Gasteiger partial charge in [0.25, 0.3) is 0 Å². The molecule has 1 aromatic rings. The maximum atomic E-state index is 5.57.